The number of halogens is 2. The zero-order chi connectivity index (χ0) is 83.4. The number of primary amides is 1. The van der Waals surface area contributed by atoms with Gasteiger partial charge in [0, 0.05) is 97.3 Å². The molecule has 112 heavy (non-hydrogen) atoms. The molecule has 626 valence electrons. The Kier molecular flexibility index (Phi) is 37.9. The molecule has 2 heterocycles. The Morgan fingerprint density at radius 3 is 1.99 bits per heavy atom. The smallest absolute Gasteiger partial charge is 0.409 e. The number of ether oxygens (including phenoxy) is 4. The molecule has 10 N–H and O–H groups in total. The minimum Gasteiger partial charge on any atom is -0.481 e. The number of hydrogen-bond donors (Lipinski definition) is 9. The lowest BCUT2D eigenvalue weighted by Crippen LogP contribution is -2.59. The maximum atomic E-state index is 15.0. The number of urea groups is 1. The first-order valence-electron chi connectivity index (χ1n) is 38.7. The highest BCUT2D eigenvalue weighted by atomic mass is 32.2. The van der Waals surface area contributed by atoms with Crippen molar-refractivity contribution in [3.8, 4) is 0 Å². The number of methoxy groups -OCH3 is 2. The molecule has 4 unspecified atom stereocenters. The molecule has 0 bridgehead atoms. The van der Waals surface area contributed by atoms with Crippen molar-refractivity contribution in [1.82, 2.24) is 56.4 Å². The summed E-state index contributed by atoms with van der Waals surface area (Å²) in [6.45, 7) is 16.0. The largest absolute Gasteiger partial charge is 0.481 e. The van der Waals surface area contributed by atoms with Crippen molar-refractivity contribution in [2.45, 2.75) is 219 Å². The number of carbonyl (C=O) groups is 13. The molecule has 1 saturated carbocycles. The van der Waals surface area contributed by atoms with Gasteiger partial charge in [-0.3, -0.25) is 57.7 Å². The maximum Gasteiger partial charge on any atom is 0.409 e. The summed E-state index contributed by atoms with van der Waals surface area (Å²) in [7, 11) is 9.46. The Hall–Kier alpha value is -8.76. The number of carbonyl (C=O) groups excluding carboxylic acids is 12. The van der Waals surface area contributed by atoms with Gasteiger partial charge in [-0.25, -0.2) is 23.2 Å². The molecule has 1 aliphatic carbocycles. The number of nitrogens with one attached hydrogen (secondary N) is 7. The molecular formula is C78H121F2N13O18S. The van der Waals surface area contributed by atoms with E-state index in [4.69, 9.17) is 24.7 Å². The number of imide groups is 1. The first-order chi connectivity index (χ1) is 52.9. The van der Waals surface area contributed by atoms with E-state index in [2.05, 4.69) is 37.2 Å². The molecule has 2 aromatic carbocycles. The first kappa shape index (κ1) is 93.8. The number of aliphatic carboxylic acids is 1. The highest BCUT2D eigenvalue weighted by Crippen LogP contribution is 2.52. The van der Waals surface area contributed by atoms with Crippen LogP contribution in [0.4, 0.5) is 28.9 Å². The number of unbranched alkanes of at least 4 members (excludes halogenated alkanes) is 2. The number of nitrogens with zero attached hydrogens (tertiary/aromatic N) is 5. The normalized spacial score (nSPS) is 18.3. The van der Waals surface area contributed by atoms with Gasteiger partial charge in [-0.05, 0) is 118 Å². The van der Waals surface area contributed by atoms with Crippen LogP contribution in [0.5, 0.6) is 0 Å². The van der Waals surface area contributed by atoms with E-state index in [-0.39, 0.29) is 150 Å². The van der Waals surface area contributed by atoms with Gasteiger partial charge in [0.2, 0.25) is 53.2 Å². The van der Waals surface area contributed by atoms with E-state index in [0.29, 0.717) is 42.7 Å². The monoisotopic (exact) mass is 1600 g/mol. The highest BCUT2D eigenvalue weighted by Gasteiger charge is 2.49. The van der Waals surface area contributed by atoms with Crippen LogP contribution >= 0.6 is 11.8 Å². The molecule has 12 atom stereocenters. The van der Waals surface area contributed by atoms with Crippen molar-refractivity contribution in [3.05, 3.63) is 65.2 Å². The molecule has 3 fully saturated rings. The summed E-state index contributed by atoms with van der Waals surface area (Å²) in [5, 5.41) is 27.8. The van der Waals surface area contributed by atoms with Crippen LogP contribution in [0.15, 0.2) is 42.5 Å². The molecular weight excluding hydrogens is 1480 g/mol. The van der Waals surface area contributed by atoms with Gasteiger partial charge in [0.25, 0.3) is 0 Å². The molecule has 31 nitrogen and oxygen atoms in total. The second-order valence-electron chi connectivity index (χ2n) is 30.9. The lowest BCUT2D eigenvalue weighted by molar-refractivity contribution is -0.148. The van der Waals surface area contributed by atoms with Crippen LogP contribution in [0.2, 0.25) is 0 Å². The van der Waals surface area contributed by atoms with Crippen molar-refractivity contribution >= 4 is 94.8 Å². The van der Waals surface area contributed by atoms with Crippen LogP contribution in [-0.2, 0) is 79.9 Å². The summed E-state index contributed by atoms with van der Waals surface area (Å²) >= 11 is 1.34. The van der Waals surface area contributed by atoms with Crippen molar-refractivity contribution in [2.75, 3.05) is 92.7 Å². The third-order valence-corrected chi connectivity index (χ3v) is 22.6. The third-order valence-electron chi connectivity index (χ3n) is 21.0. The molecule has 5 rings (SSSR count). The zero-order valence-corrected chi connectivity index (χ0v) is 68.4. The number of hydrogen-bond acceptors (Lipinski definition) is 19. The molecule has 0 spiro atoms. The van der Waals surface area contributed by atoms with Gasteiger partial charge in [0.15, 0.2) is 0 Å². The molecule has 2 aromatic rings. The predicted molar refractivity (Wildman–Crippen MR) is 415 cm³/mol. The number of likely N-dealkylation sites (tertiary alicyclic amines) is 2. The minimum atomic E-state index is -1.15. The summed E-state index contributed by atoms with van der Waals surface area (Å²) in [4.78, 5) is 181. The van der Waals surface area contributed by atoms with Crippen molar-refractivity contribution < 1.29 is 95.2 Å². The molecule has 2 aliphatic heterocycles. The Labute approximate surface area is 660 Å². The highest BCUT2D eigenvalue weighted by molar-refractivity contribution is 8.00. The third kappa shape index (κ3) is 28.4. The van der Waals surface area contributed by atoms with E-state index in [1.807, 2.05) is 41.5 Å². The Morgan fingerprint density at radius 1 is 0.750 bits per heavy atom. The zero-order valence-electron chi connectivity index (χ0n) is 67.6. The van der Waals surface area contributed by atoms with Crippen LogP contribution in [0, 0.1) is 46.6 Å². The number of carboxylic acid groups (broad SMARTS) is 1. The summed E-state index contributed by atoms with van der Waals surface area (Å²) < 4.78 is 52.7. The Balaban J connectivity index is 1.16. The Morgan fingerprint density at radius 2 is 1.41 bits per heavy atom. The molecule has 0 aromatic heterocycles. The fraction of sp³-hybridized carbons (Fsp3) is 0.679. The van der Waals surface area contributed by atoms with Crippen molar-refractivity contribution in [2.24, 2.45) is 40.7 Å². The van der Waals surface area contributed by atoms with Crippen LogP contribution in [0.1, 0.15) is 157 Å². The number of benzene rings is 2. The first-order valence-corrected chi connectivity index (χ1v) is 39.7. The lowest BCUT2D eigenvalue weighted by Gasteiger charge is -2.41. The standard InChI is InChI=1S/C78H121F2N13O18S/c1-16-48(8)67(91(13)74(104)65(46(4)5)88-72(102)66(47(6)7)89(10)11)58(108-14)39-61(95)93-42-52(38-57(93)68(109-15)49(9)69(99)82-34-30-53-54(79)22-20-23-55(53)80)111-77(107)90(12)37-35-84-76(106)110-43-50-26-28-51(29-27-50)85-70(100)56(24-21-33-83-75(81)105)86-71(101)64(45(2)3)87-60(94)25-18-17-19-36-92-62(96)40-59(73(92)103)112-44-78(31-32-78)41-63(97)98/h20,22-23,26-29,45-49,52,56-59,64-68H,16-19,21,24-25,30-44H2,1-15H3,(H,82,99)(H,84,106)(H,85,100)(H,86,101)(H,87,94)(H,88,102)(H,97,98)(H3,81,83,105)/t48-,49+,52-,56?,57-,58+,59?,64-,65?,66-,67?,68+/m0/s1. The number of likely N-dealkylation sites (N-methyl/N-ethyl adjacent to an activating group) is 3. The van der Waals surface area contributed by atoms with Gasteiger partial charge < -0.3 is 81.7 Å². The lowest BCUT2D eigenvalue weighted by atomic mass is 9.89. The average molecular weight is 1600 g/mol. The number of alkyl carbamates (subject to hydrolysis) is 1. The van der Waals surface area contributed by atoms with E-state index in [9.17, 15) is 71.4 Å². The topological polar surface area (TPSA) is 405 Å². The van der Waals surface area contributed by atoms with Crippen molar-refractivity contribution in [1.29, 1.82) is 0 Å². The summed E-state index contributed by atoms with van der Waals surface area (Å²) in [6.07, 6.45) is -1.10. The number of rotatable bonds is 47. The molecule has 34 heteroatoms. The van der Waals surface area contributed by atoms with Gasteiger partial charge in [0.1, 0.15) is 42.5 Å². The number of thioether (sulfide) groups is 1. The van der Waals surface area contributed by atoms with Crippen molar-refractivity contribution in [3.63, 3.8) is 0 Å². The van der Waals surface area contributed by atoms with E-state index in [0.717, 1.165) is 25.0 Å². The number of anilines is 1. The van der Waals surface area contributed by atoms with Crippen LogP contribution in [0.25, 0.3) is 0 Å². The number of amides is 13. The Bertz CT molecular complexity index is 3510. The summed E-state index contributed by atoms with van der Waals surface area (Å²) in [5.41, 5.74) is 5.57. The molecule has 3 aliphatic rings. The summed E-state index contributed by atoms with van der Waals surface area (Å²) in [5.74, 6) is -7.89. The van der Waals surface area contributed by atoms with Gasteiger partial charge in [-0.1, -0.05) is 93.4 Å². The second kappa shape index (κ2) is 45.2. The van der Waals surface area contributed by atoms with Gasteiger partial charge >= 0.3 is 24.2 Å². The van der Waals surface area contributed by atoms with Crippen LogP contribution in [0.3, 0.4) is 0 Å². The van der Waals surface area contributed by atoms with Crippen LogP contribution < -0.4 is 43.0 Å². The average Bonchev–Trinajstić information content (AvgIpc) is 1.73. The quantitative estimate of drug-likeness (QED) is 0.0274. The van der Waals surface area contributed by atoms with Gasteiger partial charge in [-0.15, -0.1) is 11.8 Å². The van der Waals surface area contributed by atoms with Gasteiger partial charge in [-0.2, -0.15) is 0 Å². The molecule has 13 amide bonds. The molecule has 0 radical (unpaired) electrons. The maximum absolute atomic E-state index is 15.0. The molecule has 2 saturated heterocycles. The van der Waals surface area contributed by atoms with E-state index < -0.39 is 137 Å². The predicted octanol–water partition coefficient (Wildman–Crippen LogP) is 5.93. The fourth-order valence-electron chi connectivity index (χ4n) is 14.2. The SMILES string of the molecule is CC[C@H](C)C([C@@H](CC(=O)N1C[C@@H](OC(=O)N(C)CCNC(=O)OCc2ccc(NC(=O)C(CCCNC(N)=O)NC(=O)[C@@H](NC(=O)CCCCCN3C(=O)CC(SCC4(CC(=O)O)CC4)C3=O)C(C)C)cc2)C[C@H]1[C@H](OC)[C@@H](C)C(=O)NCCc1c(F)cccc1F)OC)N(C)C(=O)C(NC(=O)[C@H](C(C)C)N(C)C)C(C)C. The van der Waals surface area contributed by atoms with Crippen LogP contribution in [-0.4, -0.2) is 254 Å². The van der Waals surface area contributed by atoms with E-state index in [1.54, 1.807) is 71.1 Å². The fourth-order valence-corrected chi connectivity index (χ4v) is 15.7. The number of carboxylic acids is 1. The second-order valence-corrected chi connectivity index (χ2v) is 32.1. The van der Waals surface area contributed by atoms with Gasteiger partial charge in [0.05, 0.1) is 60.9 Å². The van der Waals surface area contributed by atoms with E-state index >= 15 is 4.79 Å². The van der Waals surface area contributed by atoms with E-state index in [1.165, 1.54) is 58.7 Å². The summed E-state index contributed by atoms with van der Waals surface area (Å²) in [6, 6.07) is 3.75. The number of nitrogens with two attached hydrogens (primary N) is 1. The minimum absolute atomic E-state index is 0.00405.